The van der Waals surface area contributed by atoms with Crippen LogP contribution in [0, 0.1) is 0 Å². The highest BCUT2D eigenvalue weighted by atomic mass is 35.5. The van der Waals surface area contributed by atoms with Crippen molar-refractivity contribution in [1.29, 1.82) is 0 Å². The molecule has 0 aliphatic rings. The van der Waals surface area contributed by atoms with Crippen molar-refractivity contribution in [2.24, 2.45) is 5.16 Å². The van der Waals surface area contributed by atoms with Crippen LogP contribution in [0.25, 0.3) is 11.3 Å². The molecule has 5 heteroatoms. The molecule has 0 aliphatic carbocycles. The van der Waals surface area contributed by atoms with E-state index in [2.05, 4.69) is 21.8 Å². The van der Waals surface area contributed by atoms with Crippen molar-refractivity contribution in [3.8, 4) is 11.3 Å². The van der Waals surface area contributed by atoms with Gasteiger partial charge in [0.15, 0.2) is 6.61 Å². The Morgan fingerprint density at radius 1 is 1.29 bits per heavy atom. The lowest BCUT2D eigenvalue weighted by Gasteiger charge is -2.04. The summed E-state index contributed by atoms with van der Waals surface area (Å²) >= 11 is 6.00. The van der Waals surface area contributed by atoms with E-state index >= 15 is 0 Å². The molecule has 0 atom stereocenters. The molecule has 2 rings (SSSR count). The Balaban J connectivity index is 2.33. The highest BCUT2D eigenvalue weighted by Crippen LogP contribution is 2.23. The molecule has 4 nitrogen and oxygen atoms in total. The van der Waals surface area contributed by atoms with Gasteiger partial charge >= 0.3 is 0 Å². The lowest BCUT2D eigenvalue weighted by atomic mass is 10.2. The van der Waals surface area contributed by atoms with Gasteiger partial charge in [0.2, 0.25) is 0 Å². The summed E-state index contributed by atoms with van der Waals surface area (Å²) in [7, 11) is 0. The topological polar surface area (TPSA) is 47.4 Å². The van der Waals surface area contributed by atoms with Gasteiger partial charge < -0.3 is 4.84 Å². The van der Waals surface area contributed by atoms with Crippen LogP contribution in [0.5, 0.6) is 0 Å². The maximum atomic E-state index is 6.00. The number of aromatic nitrogens is 2. The summed E-state index contributed by atoms with van der Waals surface area (Å²) in [5.41, 5.74) is 2.31. The second kappa shape index (κ2) is 5.41. The van der Waals surface area contributed by atoms with E-state index in [0.29, 0.717) is 5.15 Å². The van der Waals surface area contributed by atoms with Crippen LogP contribution in [0.15, 0.2) is 41.7 Å². The molecule has 0 aromatic carbocycles. The highest BCUT2D eigenvalue weighted by Gasteiger charge is 2.06. The van der Waals surface area contributed by atoms with Crippen molar-refractivity contribution < 1.29 is 4.84 Å². The van der Waals surface area contributed by atoms with Crippen molar-refractivity contribution >= 4 is 18.3 Å². The summed E-state index contributed by atoms with van der Waals surface area (Å²) in [6, 6.07) is 9.28. The van der Waals surface area contributed by atoms with Crippen LogP contribution >= 0.6 is 11.6 Å². The maximum Gasteiger partial charge on any atom is 0.159 e. The molecule has 2 heterocycles. The Morgan fingerprint density at radius 2 is 2.18 bits per heavy atom. The van der Waals surface area contributed by atoms with E-state index in [0.717, 1.165) is 17.0 Å². The van der Waals surface area contributed by atoms with Crippen LogP contribution < -0.4 is 0 Å². The molecule has 0 saturated heterocycles. The normalized spacial score (nSPS) is 9.94. The third kappa shape index (κ3) is 2.79. The number of hydrogen-bond donors (Lipinski definition) is 0. The molecule has 0 unspecified atom stereocenters. The molecule has 2 aromatic heterocycles. The summed E-state index contributed by atoms with van der Waals surface area (Å²) in [4.78, 5) is 13.3. The van der Waals surface area contributed by atoms with Gasteiger partial charge in [-0.1, -0.05) is 17.7 Å². The number of rotatable bonds is 4. The fraction of sp³-hybridized carbons (Fsp3) is 0.0833. The molecule has 0 aliphatic heterocycles. The van der Waals surface area contributed by atoms with Crippen molar-refractivity contribution in [3.63, 3.8) is 0 Å². The first-order chi connectivity index (χ1) is 8.31. The van der Waals surface area contributed by atoms with E-state index in [4.69, 9.17) is 16.4 Å². The summed E-state index contributed by atoms with van der Waals surface area (Å²) < 4.78 is 0. The Bertz CT molecular complexity index is 531. The van der Waals surface area contributed by atoms with Crippen LogP contribution in [-0.2, 0) is 11.4 Å². The lowest BCUT2D eigenvalue weighted by molar-refractivity contribution is 0.130. The smallest absolute Gasteiger partial charge is 0.159 e. The van der Waals surface area contributed by atoms with E-state index in [-0.39, 0.29) is 6.61 Å². The summed E-state index contributed by atoms with van der Waals surface area (Å²) in [6.07, 6.45) is 1.64. The van der Waals surface area contributed by atoms with Gasteiger partial charge in [0.25, 0.3) is 0 Å². The van der Waals surface area contributed by atoms with E-state index in [1.807, 2.05) is 30.3 Å². The minimum absolute atomic E-state index is 0.287. The molecule has 0 amide bonds. The van der Waals surface area contributed by atoms with Crippen LogP contribution in [0.1, 0.15) is 5.69 Å². The first-order valence-corrected chi connectivity index (χ1v) is 5.34. The van der Waals surface area contributed by atoms with E-state index < -0.39 is 0 Å². The van der Waals surface area contributed by atoms with E-state index in [9.17, 15) is 0 Å². The average molecular weight is 248 g/mol. The molecule has 0 N–H and O–H groups in total. The molecule has 2 aromatic rings. The van der Waals surface area contributed by atoms with Crippen LogP contribution in [-0.4, -0.2) is 16.7 Å². The zero-order valence-corrected chi connectivity index (χ0v) is 9.76. The van der Waals surface area contributed by atoms with Gasteiger partial charge in [0, 0.05) is 18.5 Å². The number of pyridine rings is 2. The van der Waals surface area contributed by atoms with Gasteiger partial charge in [0.05, 0.1) is 11.4 Å². The van der Waals surface area contributed by atoms with Crippen molar-refractivity contribution in [2.45, 2.75) is 6.61 Å². The van der Waals surface area contributed by atoms with Crippen molar-refractivity contribution in [1.82, 2.24) is 9.97 Å². The van der Waals surface area contributed by atoms with E-state index in [1.54, 1.807) is 6.20 Å². The first-order valence-electron chi connectivity index (χ1n) is 4.96. The SMILES string of the molecule is C=NOCc1cccc(-c2cccnc2Cl)n1. The molecule has 86 valence electrons. The maximum absolute atomic E-state index is 6.00. The van der Waals surface area contributed by atoms with Gasteiger partial charge in [0.1, 0.15) is 5.15 Å². The second-order valence-electron chi connectivity index (χ2n) is 3.26. The van der Waals surface area contributed by atoms with Gasteiger partial charge in [-0.05, 0) is 24.3 Å². The molecular formula is C12H10ClN3O. The van der Waals surface area contributed by atoms with Crippen molar-refractivity contribution in [3.05, 3.63) is 47.4 Å². The summed E-state index contributed by atoms with van der Waals surface area (Å²) in [5.74, 6) is 0. The Kier molecular flexibility index (Phi) is 3.67. The average Bonchev–Trinajstić information content (AvgIpc) is 2.37. The molecule has 0 fully saturated rings. The molecular weight excluding hydrogens is 238 g/mol. The minimum Gasteiger partial charge on any atom is -0.390 e. The second-order valence-corrected chi connectivity index (χ2v) is 3.62. The zero-order chi connectivity index (χ0) is 12.1. The molecule has 0 bridgehead atoms. The molecule has 17 heavy (non-hydrogen) atoms. The van der Waals surface area contributed by atoms with Crippen LogP contribution in [0.2, 0.25) is 5.15 Å². The predicted octanol–water partition coefficient (Wildman–Crippen LogP) is 2.93. The molecule has 0 radical (unpaired) electrons. The largest absolute Gasteiger partial charge is 0.390 e. The van der Waals surface area contributed by atoms with Crippen molar-refractivity contribution in [2.75, 3.05) is 0 Å². The molecule has 0 spiro atoms. The van der Waals surface area contributed by atoms with Gasteiger partial charge in [-0.15, -0.1) is 5.16 Å². The fourth-order valence-corrected chi connectivity index (χ4v) is 1.62. The highest BCUT2D eigenvalue weighted by molar-refractivity contribution is 6.32. The molecule has 0 saturated carbocycles. The Morgan fingerprint density at radius 3 is 2.94 bits per heavy atom. The Hall–Kier alpha value is -1.94. The van der Waals surface area contributed by atoms with Crippen LogP contribution in [0.4, 0.5) is 0 Å². The number of halogens is 1. The van der Waals surface area contributed by atoms with Gasteiger partial charge in [-0.2, -0.15) is 0 Å². The third-order valence-corrected chi connectivity index (χ3v) is 2.45. The monoisotopic (exact) mass is 247 g/mol. The zero-order valence-electron chi connectivity index (χ0n) is 9.01. The van der Waals surface area contributed by atoms with Gasteiger partial charge in [-0.25, -0.2) is 9.97 Å². The third-order valence-electron chi connectivity index (χ3n) is 2.15. The number of hydrogen-bond acceptors (Lipinski definition) is 4. The van der Waals surface area contributed by atoms with E-state index in [1.165, 1.54) is 0 Å². The minimum atomic E-state index is 0.287. The predicted molar refractivity (Wildman–Crippen MR) is 66.8 cm³/mol. The number of oxime groups is 1. The van der Waals surface area contributed by atoms with Crippen LogP contribution in [0.3, 0.4) is 0 Å². The standard InChI is InChI=1S/C12H10ClN3O/c1-14-17-8-9-4-2-6-11(16-9)10-5-3-7-15-12(10)13/h2-7H,1,8H2. The number of nitrogens with zero attached hydrogens (tertiary/aromatic N) is 3. The Labute approximate surface area is 104 Å². The summed E-state index contributed by atoms with van der Waals surface area (Å²) in [6.45, 7) is 3.53. The lowest BCUT2D eigenvalue weighted by Crippen LogP contribution is -1.94. The van der Waals surface area contributed by atoms with Gasteiger partial charge in [-0.3, -0.25) is 0 Å². The quantitative estimate of drug-likeness (QED) is 0.474. The first kappa shape index (κ1) is 11.5. The summed E-state index contributed by atoms with van der Waals surface area (Å²) in [5, 5.41) is 3.75. The fourth-order valence-electron chi connectivity index (χ4n) is 1.40.